The van der Waals surface area contributed by atoms with Crippen molar-refractivity contribution < 1.29 is 14.8 Å². The van der Waals surface area contributed by atoms with E-state index in [1.54, 1.807) is 6.92 Å². The van der Waals surface area contributed by atoms with Crippen LogP contribution in [0.3, 0.4) is 0 Å². The molecule has 0 fully saturated rings. The molecule has 0 aliphatic heterocycles. The first kappa shape index (κ1) is 16.3. The van der Waals surface area contributed by atoms with Crippen molar-refractivity contribution in [2.45, 2.75) is 20.3 Å². The monoisotopic (exact) mass is 412 g/mol. The van der Waals surface area contributed by atoms with E-state index in [2.05, 4.69) is 27.6 Å². The van der Waals surface area contributed by atoms with Crippen LogP contribution in [0.1, 0.15) is 28.5 Å². The second kappa shape index (κ2) is 6.39. The number of hydrogen-bond donors (Lipinski definition) is 1. The van der Waals surface area contributed by atoms with E-state index in [-0.39, 0.29) is 11.3 Å². The third-order valence-electron chi connectivity index (χ3n) is 3.29. The molecule has 0 spiro atoms. The van der Waals surface area contributed by atoms with Crippen LogP contribution in [-0.2, 0) is 6.42 Å². The van der Waals surface area contributed by atoms with Gasteiger partial charge < -0.3 is 5.11 Å². The lowest BCUT2D eigenvalue weighted by Gasteiger charge is -2.13. The number of pyridine rings is 1. The summed E-state index contributed by atoms with van der Waals surface area (Å²) in [5, 5.41) is 20.7. The number of rotatable bonds is 4. The minimum Gasteiger partial charge on any atom is -0.477 e. The Balaban J connectivity index is 2.87. The number of nitrogens with zero attached hydrogens (tertiary/aromatic N) is 2. The van der Waals surface area contributed by atoms with Crippen LogP contribution in [0.15, 0.2) is 24.3 Å². The van der Waals surface area contributed by atoms with Crippen molar-refractivity contribution in [3.63, 3.8) is 0 Å². The first-order valence-corrected chi connectivity index (χ1v) is 7.61. The van der Waals surface area contributed by atoms with Gasteiger partial charge in [-0.15, -0.1) is 0 Å². The van der Waals surface area contributed by atoms with Crippen LogP contribution in [0, 0.1) is 20.6 Å². The summed E-state index contributed by atoms with van der Waals surface area (Å²) in [6.45, 7) is 3.22. The van der Waals surface area contributed by atoms with Crippen molar-refractivity contribution in [3.8, 4) is 11.3 Å². The van der Waals surface area contributed by atoms with Gasteiger partial charge in [-0.05, 0) is 53.6 Å². The van der Waals surface area contributed by atoms with Gasteiger partial charge in [-0.1, -0.05) is 19.1 Å². The van der Waals surface area contributed by atoms with Crippen LogP contribution in [0.2, 0.25) is 0 Å². The Labute approximate surface area is 140 Å². The number of nitro groups is 1. The lowest BCUT2D eigenvalue weighted by Crippen LogP contribution is -2.12. The maximum Gasteiger partial charge on any atom is 0.343 e. The van der Waals surface area contributed by atoms with Crippen LogP contribution in [0.25, 0.3) is 11.3 Å². The van der Waals surface area contributed by atoms with Crippen molar-refractivity contribution in [3.05, 3.63) is 54.8 Å². The summed E-state index contributed by atoms with van der Waals surface area (Å²) in [7, 11) is 0. The maximum absolute atomic E-state index is 11.6. The Kier molecular flexibility index (Phi) is 4.74. The summed E-state index contributed by atoms with van der Waals surface area (Å²) >= 11 is 2.15. The number of aromatic carboxylic acids is 1. The zero-order valence-electron chi connectivity index (χ0n) is 12.0. The predicted octanol–water partition coefficient (Wildman–Crippen LogP) is 3.83. The maximum atomic E-state index is 11.6. The van der Waals surface area contributed by atoms with Gasteiger partial charge in [0, 0.05) is 9.13 Å². The van der Waals surface area contributed by atoms with Crippen molar-refractivity contribution in [2.24, 2.45) is 0 Å². The third kappa shape index (κ3) is 2.94. The number of carboxylic acid groups (broad SMARTS) is 1. The summed E-state index contributed by atoms with van der Waals surface area (Å²) in [6, 6.07) is 7.45. The van der Waals surface area contributed by atoms with E-state index in [9.17, 15) is 20.0 Å². The summed E-state index contributed by atoms with van der Waals surface area (Å²) in [5.41, 5.74) is 1.03. The molecule has 1 aromatic heterocycles. The van der Waals surface area contributed by atoms with Gasteiger partial charge in [0.25, 0.3) is 0 Å². The number of carbonyl (C=O) groups is 1. The van der Waals surface area contributed by atoms with Crippen LogP contribution in [0.4, 0.5) is 5.69 Å². The highest BCUT2D eigenvalue weighted by Gasteiger charge is 2.29. The van der Waals surface area contributed by atoms with E-state index in [1.165, 1.54) is 6.92 Å². The molecule has 0 atom stereocenters. The molecular weight excluding hydrogens is 399 g/mol. The van der Waals surface area contributed by atoms with Gasteiger partial charge in [0.1, 0.15) is 11.3 Å². The van der Waals surface area contributed by atoms with Gasteiger partial charge in [-0.3, -0.25) is 10.1 Å². The minimum atomic E-state index is -1.30. The predicted molar refractivity (Wildman–Crippen MR) is 90.1 cm³/mol. The number of carboxylic acids is 1. The van der Waals surface area contributed by atoms with Gasteiger partial charge in [-0.25, -0.2) is 9.78 Å². The van der Waals surface area contributed by atoms with Gasteiger partial charge >= 0.3 is 11.7 Å². The fourth-order valence-corrected chi connectivity index (χ4v) is 2.95. The van der Waals surface area contributed by atoms with Crippen molar-refractivity contribution in [2.75, 3.05) is 0 Å². The summed E-state index contributed by atoms with van der Waals surface area (Å²) in [5.74, 6) is -1.30. The molecule has 22 heavy (non-hydrogen) atoms. The Bertz CT molecular complexity index is 774. The molecular formula is C15H13IN2O4. The normalized spacial score (nSPS) is 10.5. The fourth-order valence-electron chi connectivity index (χ4n) is 2.40. The molecule has 0 radical (unpaired) electrons. The van der Waals surface area contributed by atoms with E-state index in [4.69, 9.17) is 0 Å². The van der Waals surface area contributed by atoms with Crippen molar-refractivity contribution >= 4 is 34.2 Å². The summed E-state index contributed by atoms with van der Waals surface area (Å²) in [6.07, 6.45) is 0.344. The molecule has 1 aromatic carbocycles. The summed E-state index contributed by atoms with van der Waals surface area (Å²) < 4.78 is 0.979. The fraction of sp³-hybridized carbons (Fsp3) is 0.200. The number of hydrogen-bond acceptors (Lipinski definition) is 4. The van der Waals surface area contributed by atoms with Crippen molar-refractivity contribution in [1.29, 1.82) is 0 Å². The van der Waals surface area contributed by atoms with E-state index >= 15 is 0 Å². The third-order valence-corrected chi connectivity index (χ3v) is 3.97. The Morgan fingerprint density at radius 2 is 2.14 bits per heavy atom. The number of benzene rings is 1. The topological polar surface area (TPSA) is 93.3 Å². The minimum absolute atomic E-state index is 0.105. The van der Waals surface area contributed by atoms with Crippen LogP contribution >= 0.6 is 22.6 Å². The largest absolute Gasteiger partial charge is 0.477 e. The molecule has 6 nitrogen and oxygen atoms in total. The van der Waals surface area contributed by atoms with Crippen LogP contribution < -0.4 is 0 Å². The molecule has 0 saturated carbocycles. The molecule has 2 rings (SSSR count). The summed E-state index contributed by atoms with van der Waals surface area (Å²) in [4.78, 5) is 26.4. The highest BCUT2D eigenvalue weighted by Crippen LogP contribution is 2.33. The van der Waals surface area contributed by atoms with Crippen LogP contribution in [-0.4, -0.2) is 21.0 Å². The Hall–Kier alpha value is -2.03. The van der Waals surface area contributed by atoms with E-state index in [0.29, 0.717) is 17.7 Å². The molecule has 7 heteroatoms. The molecule has 0 aliphatic carbocycles. The van der Waals surface area contributed by atoms with E-state index in [0.717, 1.165) is 9.13 Å². The first-order valence-electron chi connectivity index (χ1n) is 6.53. The van der Waals surface area contributed by atoms with Crippen molar-refractivity contribution in [1.82, 2.24) is 4.98 Å². The molecule has 2 aromatic rings. The molecule has 0 unspecified atom stereocenters. The standard InChI is InChI=1S/C15H13IN2O4/c1-3-11-12(15(19)20)14(18(21)22)8(2)17-13(11)9-5-4-6-10(16)7-9/h4-7H,3H2,1-2H3,(H,19,20). The van der Waals surface area contributed by atoms with Crippen LogP contribution in [0.5, 0.6) is 0 Å². The lowest BCUT2D eigenvalue weighted by molar-refractivity contribution is -0.386. The SMILES string of the molecule is CCc1c(-c2cccc(I)c2)nc(C)c([N+](=O)[O-])c1C(=O)O. The Morgan fingerprint density at radius 3 is 2.64 bits per heavy atom. The second-order valence-corrected chi connectivity index (χ2v) is 5.92. The molecule has 0 bridgehead atoms. The van der Waals surface area contributed by atoms with E-state index in [1.807, 2.05) is 24.3 Å². The average Bonchev–Trinajstić information content (AvgIpc) is 2.45. The zero-order chi connectivity index (χ0) is 16.4. The van der Waals surface area contributed by atoms with Gasteiger partial charge in [0.05, 0.1) is 10.6 Å². The molecule has 1 N–H and O–H groups in total. The van der Waals surface area contributed by atoms with E-state index < -0.39 is 16.6 Å². The molecule has 0 aliphatic rings. The molecule has 0 amide bonds. The number of aryl methyl sites for hydroxylation is 1. The molecule has 0 saturated heterocycles. The van der Waals surface area contributed by atoms with Gasteiger partial charge in [-0.2, -0.15) is 0 Å². The average molecular weight is 412 g/mol. The van der Waals surface area contributed by atoms with Gasteiger partial charge in [0.2, 0.25) is 0 Å². The molecule has 114 valence electrons. The number of aromatic nitrogens is 1. The highest BCUT2D eigenvalue weighted by molar-refractivity contribution is 14.1. The van der Waals surface area contributed by atoms with Gasteiger partial charge in [0.15, 0.2) is 0 Å². The zero-order valence-corrected chi connectivity index (χ0v) is 14.1. The molecule has 1 heterocycles. The first-order chi connectivity index (χ1) is 10.4. The second-order valence-electron chi connectivity index (χ2n) is 4.67. The Morgan fingerprint density at radius 1 is 1.45 bits per heavy atom. The highest BCUT2D eigenvalue weighted by atomic mass is 127. The smallest absolute Gasteiger partial charge is 0.343 e. The quantitative estimate of drug-likeness (QED) is 0.468. The lowest BCUT2D eigenvalue weighted by atomic mass is 9.96. The number of halogens is 1.